The first-order valence-corrected chi connectivity index (χ1v) is 11.5. The van der Waals surface area contributed by atoms with Gasteiger partial charge in [-0.3, -0.25) is 4.79 Å². The Hall–Kier alpha value is -1.44. The smallest absolute Gasteiger partial charge is 0.254 e. The summed E-state index contributed by atoms with van der Waals surface area (Å²) in [5.41, 5.74) is 0.482. The van der Waals surface area contributed by atoms with Gasteiger partial charge in [0.25, 0.3) is 5.91 Å². The van der Waals surface area contributed by atoms with Crippen molar-refractivity contribution in [2.75, 3.05) is 32.8 Å². The number of morpholine rings is 1. The van der Waals surface area contributed by atoms with Crippen LogP contribution in [0.25, 0.3) is 0 Å². The van der Waals surface area contributed by atoms with Gasteiger partial charge in [0.1, 0.15) is 0 Å². The highest BCUT2D eigenvalue weighted by Crippen LogP contribution is 2.36. The number of nitrogens with zero attached hydrogens (tertiary/aromatic N) is 2. The molecule has 4 rings (SSSR count). The van der Waals surface area contributed by atoms with Crippen molar-refractivity contribution in [1.82, 2.24) is 9.21 Å². The number of amides is 1. The molecule has 2 aliphatic heterocycles. The van der Waals surface area contributed by atoms with Crippen molar-refractivity contribution in [3.05, 3.63) is 29.8 Å². The van der Waals surface area contributed by atoms with Gasteiger partial charge in [-0.15, -0.1) is 0 Å². The largest absolute Gasteiger partial charge is 0.379 e. The Morgan fingerprint density at radius 1 is 1.00 bits per heavy atom. The Morgan fingerprint density at radius 2 is 1.74 bits per heavy atom. The zero-order valence-corrected chi connectivity index (χ0v) is 16.5. The molecule has 0 spiro atoms. The van der Waals surface area contributed by atoms with Gasteiger partial charge >= 0.3 is 0 Å². The second-order valence-electron chi connectivity index (χ2n) is 7.80. The first-order chi connectivity index (χ1) is 13.1. The average Bonchev–Trinajstić information content (AvgIpc) is 2.73. The van der Waals surface area contributed by atoms with Gasteiger partial charge in [-0.25, -0.2) is 8.42 Å². The quantitative estimate of drug-likeness (QED) is 0.793. The van der Waals surface area contributed by atoms with Crippen LogP contribution in [-0.4, -0.2) is 62.4 Å². The van der Waals surface area contributed by atoms with E-state index in [0.717, 1.165) is 19.4 Å². The first kappa shape index (κ1) is 18.9. The van der Waals surface area contributed by atoms with E-state index in [0.29, 0.717) is 43.8 Å². The third-order valence-electron chi connectivity index (χ3n) is 6.19. The van der Waals surface area contributed by atoms with Crippen LogP contribution >= 0.6 is 0 Å². The SMILES string of the molecule is O=C(c1cccc(S(=O)(=O)N2CCOCC2)c1)N1CCCC2CCCCC21. The Kier molecular flexibility index (Phi) is 5.53. The molecule has 27 heavy (non-hydrogen) atoms. The van der Waals surface area contributed by atoms with Crippen LogP contribution in [0.15, 0.2) is 29.2 Å². The lowest BCUT2D eigenvalue weighted by molar-refractivity contribution is 0.0390. The summed E-state index contributed by atoms with van der Waals surface area (Å²) >= 11 is 0. The van der Waals surface area contributed by atoms with E-state index < -0.39 is 10.0 Å². The van der Waals surface area contributed by atoms with Gasteiger partial charge in [0.05, 0.1) is 18.1 Å². The molecule has 1 aromatic rings. The maximum Gasteiger partial charge on any atom is 0.254 e. The summed E-state index contributed by atoms with van der Waals surface area (Å²) in [6.45, 7) is 2.32. The zero-order valence-electron chi connectivity index (χ0n) is 15.7. The number of benzene rings is 1. The van der Waals surface area contributed by atoms with Crippen LogP contribution < -0.4 is 0 Å². The molecular weight excluding hydrogens is 364 g/mol. The van der Waals surface area contributed by atoms with E-state index in [4.69, 9.17) is 4.74 Å². The van der Waals surface area contributed by atoms with Crippen LogP contribution in [0, 0.1) is 5.92 Å². The fourth-order valence-electron chi connectivity index (χ4n) is 4.77. The van der Waals surface area contributed by atoms with E-state index in [1.165, 1.54) is 30.0 Å². The number of piperidine rings is 1. The van der Waals surface area contributed by atoms with Crippen molar-refractivity contribution >= 4 is 15.9 Å². The van der Waals surface area contributed by atoms with E-state index >= 15 is 0 Å². The van der Waals surface area contributed by atoms with Crippen molar-refractivity contribution in [1.29, 1.82) is 0 Å². The fraction of sp³-hybridized carbons (Fsp3) is 0.650. The summed E-state index contributed by atoms with van der Waals surface area (Å²) in [5, 5.41) is 0. The Morgan fingerprint density at radius 3 is 2.56 bits per heavy atom. The molecule has 1 amide bonds. The lowest BCUT2D eigenvalue weighted by atomic mass is 9.78. The molecule has 3 fully saturated rings. The number of ether oxygens (including phenoxy) is 1. The van der Waals surface area contributed by atoms with E-state index in [1.807, 2.05) is 4.90 Å². The summed E-state index contributed by atoms with van der Waals surface area (Å²) in [5.74, 6) is 0.586. The summed E-state index contributed by atoms with van der Waals surface area (Å²) in [6.07, 6.45) is 6.97. The number of hydrogen-bond donors (Lipinski definition) is 0. The van der Waals surface area contributed by atoms with Crippen molar-refractivity contribution in [2.24, 2.45) is 5.92 Å². The topological polar surface area (TPSA) is 66.9 Å². The van der Waals surface area contributed by atoms with Crippen LogP contribution in [0.3, 0.4) is 0 Å². The molecule has 2 atom stereocenters. The summed E-state index contributed by atoms with van der Waals surface area (Å²) < 4.78 is 32.5. The molecule has 1 aromatic carbocycles. The molecule has 0 aromatic heterocycles. The van der Waals surface area contributed by atoms with Gasteiger partial charge in [0, 0.05) is 31.2 Å². The zero-order chi connectivity index (χ0) is 18.9. The Balaban J connectivity index is 1.57. The first-order valence-electron chi connectivity index (χ1n) is 10.1. The van der Waals surface area contributed by atoms with E-state index in [-0.39, 0.29) is 10.8 Å². The van der Waals surface area contributed by atoms with Gasteiger partial charge in [0.15, 0.2) is 0 Å². The molecule has 7 heteroatoms. The van der Waals surface area contributed by atoms with E-state index in [1.54, 1.807) is 24.3 Å². The summed E-state index contributed by atoms with van der Waals surface area (Å²) in [6, 6.07) is 6.89. The third-order valence-corrected chi connectivity index (χ3v) is 8.09. The van der Waals surface area contributed by atoms with Crippen molar-refractivity contribution in [3.8, 4) is 0 Å². The van der Waals surface area contributed by atoms with Crippen molar-refractivity contribution < 1.29 is 17.9 Å². The fourth-order valence-corrected chi connectivity index (χ4v) is 6.22. The molecule has 0 radical (unpaired) electrons. The normalized spacial score (nSPS) is 27.2. The lowest BCUT2D eigenvalue weighted by Crippen LogP contribution is -2.49. The maximum absolute atomic E-state index is 13.2. The molecule has 148 valence electrons. The van der Waals surface area contributed by atoms with Crippen LogP contribution in [-0.2, 0) is 14.8 Å². The van der Waals surface area contributed by atoms with Crippen molar-refractivity contribution in [2.45, 2.75) is 49.5 Å². The Labute approximate surface area is 161 Å². The van der Waals surface area contributed by atoms with Crippen LogP contribution in [0.1, 0.15) is 48.9 Å². The molecule has 2 heterocycles. The number of sulfonamides is 1. The minimum Gasteiger partial charge on any atom is -0.379 e. The van der Waals surface area contributed by atoms with Gasteiger partial charge < -0.3 is 9.64 Å². The number of carbonyl (C=O) groups excluding carboxylic acids is 1. The molecule has 2 saturated heterocycles. The molecule has 6 nitrogen and oxygen atoms in total. The van der Waals surface area contributed by atoms with Gasteiger partial charge in [-0.05, 0) is 49.8 Å². The molecule has 0 bridgehead atoms. The average molecular weight is 393 g/mol. The second-order valence-corrected chi connectivity index (χ2v) is 9.73. The maximum atomic E-state index is 13.2. The number of fused-ring (bicyclic) bond motifs is 1. The molecule has 3 aliphatic rings. The molecule has 1 aliphatic carbocycles. The molecular formula is C20H28N2O4S. The highest BCUT2D eigenvalue weighted by Gasteiger charge is 2.36. The minimum atomic E-state index is -3.59. The number of hydrogen-bond acceptors (Lipinski definition) is 4. The van der Waals surface area contributed by atoms with Gasteiger partial charge in [-0.1, -0.05) is 18.9 Å². The predicted molar refractivity (Wildman–Crippen MR) is 102 cm³/mol. The number of likely N-dealkylation sites (tertiary alicyclic amines) is 1. The summed E-state index contributed by atoms with van der Waals surface area (Å²) in [7, 11) is -3.59. The Bertz CT molecular complexity index is 787. The number of carbonyl (C=O) groups is 1. The van der Waals surface area contributed by atoms with Gasteiger partial charge in [-0.2, -0.15) is 4.31 Å². The standard InChI is InChI=1S/C20H28N2O4S/c23-20(22-10-4-7-16-5-1-2-9-19(16)22)17-6-3-8-18(15-17)27(24,25)21-11-13-26-14-12-21/h3,6,8,15-16,19H,1-2,4-5,7,9-14H2. The summed E-state index contributed by atoms with van der Waals surface area (Å²) in [4.78, 5) is 15.4. The predicted octanol–water partition coefficient (Wildman–Crippen LogP) is 2.50. The highest BCUT2D eigenvalue weighted by atomic mass is 32.2. The van der Waals surface area contributed by atoms with Crippen LogP contribution in [0.2, 0.25) is 0 Å². The van der Waals surface area contributed by atoms with E-state index in [9.17, 15) is 13.2 Å². The molecule has 1 saturated carbocycles. The molecule has 0 N–H and O–H groups in total. The van der Waals surface area contributed by atoms with Crippen molar-refractivity contribution in [3.63, 3.8) is 0 Å². The highest BCUT2D eigenvalue weighted by molar-refractivity contribution is 7.89. The molecule has 2 unspecified atom stereocenters. The van der Waals surface area contributed by atoms with Gasteiger partial charge in [0.2, 0.25) is 10.0 Å². The lowest BCUT2D eigenvalue weighted by Gasteiger charge is -2.44. The van der Waals surface area contributed by atoms with Crippen LogP contribution in [0.5, 0.6) is 0 Å². The minimum absolute atomic E-state index is 0.0226. The van der Waals surface area contributed by atoms with E-state index in [2.05, 4.69) is 0 Å². The number of rotatable bonds is 3. The van der Waals surface area contributed by atoms with Crippen LogP contribution in [0.4, 0.5) is 0 Å². The second kappa shape index (κ2) is 7.89. The third kappa shape index (κ3) is 3.77. The monoisotopic (exact) mass is 392 g/mol.